The third-order valence-electron chi connectivity index (χ3n) is 5.80. The molecule has 0 bridgehead atoms. The van der Waals surface area contributed by atoms with Crippen molar-refractivity contribution in [2.45, 2.75) is 25.8 Å². The summed E-state index contributed by atoms with van der Waals surface area (Å²) in [4.78, 5) is 41.7. The van der Waals surface area contributed by atoms with Crippen LogP contribution in [0.2, 0.25) is 0 Å². The Morgan fingerprint density at radius 2 is 1.76 bits per heavy atom. The molecule has 0 radical (unpaired) electrons. The molecule has 0 spiro atoms. The number of benzene rings is 2. The van der Waals surface area contributed by atoms with Gasteiger partial charge in [-0.25, -0.2) is 4.39 Å². The lowest BCUT2D eigenvalue weighted by atomic mass is 9.89. The standard InChI is InChI=1S/C22H20FIN2O3/c1-13-6-5-11-25(22(29)19-16(23)9-4-10-17(19)24)18(13)12-26-20(27)14-7-2-3-8-15(14)21(26)28/h2-4,7-10,13,18H,5-6,11-12H2,1H3. The molecule has 2 aliphatic rings. The molecule has 2 atom stereocenters. The van der Waals surface area contributed by atoms with E-state index in [9.17, 15) is 18.8 Å². The zero-order valence-electron chi connectivity index (χ0n) is 15.9. The first kappa shape index (κ1) is 20.0. The van der Waals surface area contributed by atoms with Gasteiger partial charge in [-0.15, -0.1) is 0 Å². The van der Waals surface area contributed by atoms with E-state index < -0.39 is 5.82 Å². The Morgan fingerprint density at radius 1 is 1.10 bits per heavy atom. The molecule has 1 saturated heterocycles. The fourth-order valence-corrected chi connectivity index (χ4v) is 4.91. The molecule has 0 aromatic heterocycles. The number of piperidine rings is 1. The average molecular weight is 506 g/mol. The van der Waals surface area contributed by atoms with Crippen molar-refractivity contribution in [3.05, 3.63) is 68.5 Å². The van der Waals surface area contributed by atoms with Crippen LogP contribution < -0.4 is 0 Å². The van der Waals surface area contributed by atoms with Gasteiger partial charge in [0, 0.05) is 10.1 Å². The number of hydrogen-bond acceptors (Lipinski definition) is 3. The van der Waals surface area contributed by atoms with Gasteiger partial charge >= 0.3 is 0 Å². The molecule has 7 heteroatoms. The smallest absolute Gasteiger partial charge is 0.261 e. The Kier molecular flexibility index (Phi) is 5.42. The predicted molar refractivity (Wildman–Crippen MR) is 114 cm³/mol. The van der Waals surface area contributed by atoms with Crippen LogP contribution >= 0.6 is 22.6 Å². The molecule has 150 valence electrons. The number of imide groups is 1. The highest BCUT2D eigenvalue weighted by molar-refractivity contribution is 14.1. The summed E-state index contributed by atoms with van der Waals surface area (Å²) in [5.41, 5.74) is 0.833. The molecule has 0 aliphatic carbocycles. The van der Waals surface area contributed by atoms with E-state index in [2.05, 4.69) is 0 Å². The number of carbonyl (C=O) groups excluding carboxylic acids is 3. The molecule has 0 saturated carbocycles. The van der Waals surface area contributed by atoms with Gasteiger partial charge < -0.3 is 4.90 Å². The summed E-state index contributed by atoms with van der Waals surface area (Å²) in [5, 5.41) is 0. The third kappa shape index (κ3) is 3.45. The predicted octanol–water partition coefficient (Wildman–Crippen LogP) is 3.97. The summed E-state index contributed by atoms with van der Waals surface area (Å²) in [7, 11) is 0. The molecular formula is C22H20FIN2O3. The molecule has 3 amide bonds. The van der Waals surface area contributed by atoms with Gasteiger partial charge in [0.05, 0.1) is 29.3 Å². The number of fused-ring (bicyclic) bond motifs is 1. The van der Waals surface area contributed by atoms with Gasteiger partial charge in [0.2, 0.25) is 0 Å². The van der Waals surface area contributed by atoms with Gasteiger partial charge in [0.25, 0.3) is 17.7 Å². The van der Waals surface area contributed by atoms with Gasteiger partial charge in [-0.1, -0.05) is 25.1 Å². The lowest BCUT2D eigenvalue weighted by Crippen LogP contribution is -2.54. The fourth-order valence-electron chi connectivity index (χ4n) is 4.22. The van der Waals surface area contributed by atoms with Crippen LogP contribution in [0.5, 0.6) is 0 Å². The number of nitrogens with zero attached hydrogens (tertiary/aromatic N) is 2. The Bertz CT molecular complexity index is 954. The lowest BCUT2D eigenvalue weighted by molar-refractivity contribution is 0.0365. The number of carbonyl (C=O) groups is 3. The van der Waals surface area contributed by atoms with Crippen molar-refractivity contribution in [1.82, 2.24) is 9.80 Å². The summed E-state index contributed by atoms with van der Waals surface area (Å²) in [5.74, 6) is -1.53. The van der Waals surface area contributed by atoms with Crippen molar-refractivity contribution < 1.29 is 18.8 Å². The average Bonchev–Trinajstić information content (AvgIpc) is 2.94. The Morgan fingerprint density at radius 3 is 2.38 bits per heavy atom. The van der Waals surface area contributed by atoms with Crippen molar-refractivity contribution >= 4 is 40.3 Å². The third-order valence-corrected chi connectivity index (χ3v) is 6.70. The van der Waals surface area contributed by atoms with Crippen LogP contribution in [0.25, 0.3) is 0 Å². The number of rotatable bonds is 3. The zero-order chi connectivity index (χ0) is 20.7. The fraction of sp³-hybridized carbons (Fsp3) is 0.318. The minimum Gasteiger partial charge on any atom is -0.333 e. The minimum atomic E-state index is -0.556. The van der Waals surface area contributed by atoms with Gasteiger partial charge in [0.15, 0.2) is 0 Å². The molecule has 4 rings (SSSR count). The van der Waals surface area contributed by atoms with Gasteiger partial charge in [-0.05, 0) is 65.6 Å². The van der Waals surface area contributed by atoms with Crippen LogP contribution in [0.1, 0.15) is 50.8 Å². The van der Waals surface area contributed by atoms with E-state index in [4.69, 9.17) is 0 Å². The molecule has 0 N–H and O–H groups in total. The SMILES string of the molecule is CC1CCCN(C(=O)c2c(F)cccc2I)C1CN1C(=O)c2ccccc2C1=O. The Labute approximate surface area is 182 Å². The summed E-state index contributed by atoms with van der Waals surface area (Å²) in [6, 6.07) is 10.9. The first-order valence-electron chi connectivity index (χ1n) is 9.60. The second-order valence-electron chi connectivity index (χ2n) is 7.55. The Hall–Kier alpha value is -2.29. The molecule has 2 heterocycles. The summed E-state index contributed by atoms with van der Waals surface area (Å²) in [6.07, 6.45) is 1.68. The van der Waals surface area contributed by atoms with E-state index in [0.29, 0.717) is 21.2 Å². The topological polar surface area (TPSA) is 57.7 Å². The van der Waals surface area contributed by atoms with Crippen molar-refractivity contribution in [2.24, 2.45) is 5.92 Å². The van der Waals surface area contributed by atoms with Crippen LogP contribution in [0, 0.1) is 15.3 Å². The molecule has 2 aromatic rings. The molecule has 29 heavy (non-hydrogen) atoms. The maximum Gasteiger partial charge on any atom is 0.261 e. The van der Waals surface area contributed by atoms with Crippen molar-refractivity contribution in [3.8, 4) is 0 Å². The monoisotopic (exact) mass is 506 g/mol. The van der Waals surface area contributed by atoms with E-state index in [0.717, 1.165) is 12.8 Å². The van der Waals surface area contributed by atoms with Crippen molar-refractivity contribution in [2.75, 3.05) is 13.1 Å². The quantitative estimate of drug-likeness (QED) is 0.468. The first-order valence-corrected chi connectivity index (χ1v) is 10.7. The van der Waals surface area contributed by atoms with Crippen LogP contribution in [0.4, 0.5) is 4.39 Å². The van der Waals surface area contributed by atoms with Crippen LogP contribution in [-0.2, 0) is 0 Å². The second kappa shape index (κ2) is 7.85. The normalized spacial score (nSPS) is 21.5. The molecule has 2 aromatic carbocycles. The lowest BCUT2D eigenvalue weighted by Gasteiger charge is -2.41. The number of hydrogen-bond donors (Lipinski definition) is 0. The van der Waals surface area contributed by atoms with Crippen LogP contribution in [0.3, 0.4) is 0 Å². The van der Waals surface area contributed by atoms with Crippen LogP contribution in [-0.4, -0.2) is 46.7 Å². The summed E-state index contributed by atoms with van der Waals surface area (Å²) in [6.45, 7) is 2.60. The largest absolute Gasteiger partial charge is 0.333 e. The summed E-state index contributed by atoms with van der Waals surface area (Å²) < 4.78 is 15.0. The minimum absolute atomic E-state index is 0.0505. The molecule has 1 fully saturated rings. The maximum atomic E-state index is 14.4. The van der Waals surface area contributed by atoms with E-state index in [1.807, 2.05) is 29.5 Å². The molecule has 2 aliphatic heterocycles. The molecule has 2 unspecified atom stereocenters. The highest BCUT2D eigenvalue weighted by Gasteiger charge is 2.41. The van der Waals surface area contributed by atoms with E-state index in [1.54, 1.807) is 41.3 Å². The Balaban J connectivity index is 1.64. The van der Waals surface area contributed by atoms with Gasteiger partial charge in [-0.3, -0.25) is 19.3 Å². The highest BCUT2D eigenvalue weighted by Crippen LogP contribution is 2.30. The molecule has 5 nitrogen and oxygen atoms in total. The second-order valence-corrected chi connectivity index (χ2v) is 8.71. The summed E-state index contributed by atoms with van der Waals surface area (Å²) >= 11 is 1.96. The first-order chi connectivity index (χ1) is 13.9. The van der Waals surface area contributed by atoms with Crippen molar-refractivity contribution in [1.29, 1.82) is 0 Å². The number of amides is 3. The van der Waals surface area contributed by atoms with Gasteiger partial charge in [-0.2, -0.15) is 0 Å². The highest BCUT2D eigenvalue weighted by atomic mass is 127. The van der Waals surface area contributed by atoms with Crippen LogP contribution in [0.15, 0.2) is 42.5 Å². The van der Waals surface area contributed by atoms with E-state index >= 15 is 0 Å². The van der Waals surface area contributed by atoms with E-state index in [1.165, 1.54) is 11.0 Å². The van der Waals surface area contributed by atoms with Crippen molar-refractivity contribution in [3.63, 3.8) is 0 Å². The maximum absolute atomic E-state index is 14.4. The van der Waals surface area contributed by atoms with Gasteiger partial charge in [0.1, 0.15) is 5.82 Å². The molecular weight excluding hydrogens is 486 g/mol. The number of halogens is 2. The number of likely N-dealkylation sites (tertiary alicyclic amines) is 1. The van der Waals surface area contributed by atoms with E-state index in [-0.39, 0.29) is 41.8 Å². The zero-order valence-corrected chi connectivity index (χ0v) is 18.1.